The summed E-state index contributed by atoms with van der Waals surface area (Å²) in [6.07, 6.45) is 2.57. The van der Waals surface area contributed by atoms with Crippen molar-refractivity contribution in [1.29, 1.82) is 0 Å². The number of hydrogen-bond donors (Lipinski definition) is 0. The van der Waals surface area contributed by atoms with E-state index in [4.69, 9.17) is 4.74 Å². The van der Waals surface area contributed by atoms with Gasteiger partial charge in [-0.25, -0.2) is 0 Å². The molecule has 0 aromatic heterocycles. The van der Waals surface area contributed by atoms with Gasteiger partial charge in [0.25, 0.3) is 0 Å². The first-order chi connectivity index (χ1) is 6.15. The predicted molar refractivity (Wildman–Crippen MR) is 51.4 cm³/mol. The van der Waals surface area contributed by atoms with Crippen molar-refractivity contribution < 1.29 is 9.53 Å². The molecule has 0 amide bonds. The van der Waals surface area contributed by atoms with Gasteiger partial charge < -0.3 is 9.64 Å². The maximum Gasteiger partial charge on any atom is 0.309 e. The minimum atomic E-state index is -0.0741. The Bertz CT molecular complexity index is 178. The fourth-order valence-electron chi connectivity index (χ4n) is 1.46. The molecule has 0 saturated heterocycles. The van der Waals surface area contributed by atoms with Crippen molar-refractivity contribution in [3.05, 3.63) is 0 Å². The first kappa shape index (κ1) is 10.5. The molecule has 3 nitrogen and oxygen atoms in total. The number of nitrogens with zero attached hydrogens (tertiary/aromatic N) is 1. The largest absolute Gasteiger partial charge is 0.466 e. The van der Waals surface area contributed by atoms with E-state index in [9.17, 15) is 4.79 Å². The van der Waals surface area contributed by atoms with E-state index in [-0.39, 0.29) is 11.9 Å². The number of esters is 1. The van der Waals surface area contributed by atoms with Crippen LogP contribution in [0, 0.1) is 5.92 Å². The highest BCUT2D eigenvalue weighted by atomic mass is 16.5. The van der Waals surface area contributed by atoms with Gasteiger partial charge in [0.05, 0.1) is 12.5 Å². The van der Waals surface area contributed by atoms with Gasteiger partial charge in [-0.05, 0) is 26.8 Å². The third-order valence-corrected chi connectivity index (χ3v) is 2.42. The van der Waals surface area contributed by atoms with Gasteiger partial charge in [-0.15, -0.1) is 0 Å². The Morgan fingerprint density at radius 3 is 2.69 bits per heavy atom. The minimum absolute atomic E-state index is 0.00514. The van der Waals surface area contributed by atoms with Crippen molar-refractivity contribution in [1.82, 2.24) is 4.90 Å². The molecule has 3 heteroatoms. The Balaban J connectivity index is 2.21. The Labute approximate surface area is 80.1 Å². The Kier molecular flexibility index (Phi) is 3.72. The fourth-order valence-corrected chi connectivity index (χ4v) is 1.46. The molecule has 0 aromatic carbocycles. The summed E-state index contributed by atoms with van der Waals surface area (Å²) in [5, 5.41) is 0. The van der Waals surface area contributed by atoms with E-state index in [0.29, 0.717) is 6.61 Å². The summed E-state index contributed by atoms with van der Waals surface area (Å²) in [6, 6.07) is 0.719. The van der Waals surface area contributed by atoms with Crippen LogP contribution in [0.3, 0.4) is 0 Å². The molecule has 0 radical (unpaired) electrons. The molecule has 1 aliphatic rings. The summed E-state index contributed by atoms with van der Waals surface area (Å²) in [7, 11) is 2.08. The van der Waals surface area contributed by atoms with Crippen LogP contribution in [-0.4, -0.2) is 37.1 Å². The van der Waals surface area contributed by atoms with Gasteiger partial charge in [-0.3, -0.25) is 4.79 Å². The SMILES string of the molecule is CCOC(=O)C(C)CN(C)C1CC1. The van der Waals surface area contributed by atoms with Gasteiger partial charge in [0.1, 0.15) is 0 Å². The zero-order valence-corrected chi connectivity index (χ0v) is 8.75. The molecule has 1 atom stereocenters. The quantitative estimate of drug-likeness (QED) is 0.604. The lowest BCUT2D eigenvalue weighted by molar-refractivity contribution is -0.147. The van der Waals surface area contributed by atoms with Crippen molar-refractivity contribution in [2.75, 3.05) is 20.2 Å². The third-order valence-electron chi connectivity index (χ3n) is 2.42. The molecule has 1 aliphatic carbocycles. The summed E-state index contributed by atoms with van der Waals surface area (Å²) in [5.41, 5.74) is 0. The van der Waals surface area contributed by atoms with Gasteiger partial charge in [-0.2, -0.15) is 0 Å². The summed E-state index contributed by atoms with van der Waals surface area (Å²) < 4.78 is 4.94. The van der Waals surface area contributed by atoms with Crippen LogP contribution in [0.4, 0.5) is 0 Å². The zero-order chi connectivity index (χ0) is 9.84. The van der Waals surface area contributed by atoms with E-state index in [0.717, 1.165) is 12.6 Å². The molecule has 0 spiro atoms. The highest BCUT2D eigenvalue weighted by molar-refractivity contribution is 5.72. The summed E-state index contributed by atoms with van der Waals surface area (Å²) in [5.74, 6) is -0.0689. The van der Waals surface area contributed by atoms with Crippen LogP contribution in [0.1, 0.15) is 26.7 Å². The highest BCUT2D eigenvalue weighted by Gasteiger charge is 2.28. The summed E-state index contributed by atoms with van der Waals surface area (Å²) in [6.45, 7) is 5.08. The van der Waals surface area contributed by atoms with Crippen molar-refractivity contribution >= 4 is 5.97 Å². The molecule has 1 saturated carbocycles. The Morgan fingerprint density at radius 1 is 1.62 bits per heavy atom. The van der Waals surface area contributed by atoms with Crippen LogP contribution in [-0.2, 0) is 9.53 Å². The second-order valence-corrected chi connectivity index (χ2v) is 3.82. The molecule has 13 heavy (non-hydrogen) atoms. The van der Waals surface area contributed by atoms with Crippen molar-refractivity contribution in [2.24, 2.45) is 5.92 Å². The molecule has 0 aliphatic heterocycles. The first-order valence-corrected chi connectivity index (χ1v) is 5.02. The van der Waals surface area contributed by atoms with Crippen LogP contribution in [0.2, 0.25) is 0 Å². The standard InChI is InChI=1S/C10H19NO2/c1-4-13-10(12)8(2)7-11(3)9-5-6-9/h8-9H,4-7H2,1-3H3. The van der Waals surface area contributed by atoms with Crippen LogP contribution in [0.25, 0.3) is 0 Å². The lowest BCUT2D eigenvalue weighted by Crippen LogP contribution is -2.31. The van der Waals surface area contributed by atoms with Crippen LogP contribution >= 0.6 is 0 Å². The maximum atomic E-state index is 11.3. The van der Waals surface area contributed by atoms with Crippen molar-refractivity contribution in [2.45, 2.75) is 32.7 Å². The van der Waals surface area contributed by atoms with Crippen LogP contribution in [0.15, 0.2) is 0 Å². The summed E-state index contributed by atoms with van der Waals surface area (Å²) >= 11 is 0. The van der Waals surface area contributed by atoms with Gasteiger partial charge >= 0.3 is 5.97 Å². The van der Waals surface area contributed by atoms with Crippen molar-refractivity contribution in [3.63, 3.8) is 0 Å². The molecular formula is C10H19NO2. The predicted octanol–water partition coefficient (Wildman–Crippen LogP) is 1.28. The van der Waals surface area contributed by atoms with Gasteiger partial charge in [0, 0.05) is 12.6 Å². The highest BCUT2D eigenvalue weighted by Crippen LogP contribution is 2.25. The monoisotopic (exact) mass is 185 g/mol. The third kappa shape index (κ3) is 3.35. The van der Waals surface area contributed by atoms with Crippen LogP contribution < -0.4 is 0 Å². The average molecular weight is 185 g/mol. The number of ether oxygens (including phenoxy) is 1. The van der Waals surface area contributed by atoms with E-state index in [1.165, 1.54) is 12.8 Å². The van der Waals surface area contributed by atoms with Gasteiger partial charge in [-0.1, -0.05) is 6.92 Å². The number of rotatable bonds is 5. The number of hydrogen-bond acceptors (Lipinski definition) is 3. The van der Waals surface area contributed by atoms with Gasteiger partial charge in [0.2, 0.25) is 0 Å². The number of carbonyl (C=O) groups excluding carboxylic acids is 1. The first-order valence-electron chi connectivity index (χ1n) is 5.02. The molecule has 1 fully saturated rings. The normalized spacial score (nSPS) is 18.8. The molecule has 1 rings (SSSR count). The van der Waals surface area contributed by atoms with Gasteiger partial charge in [0.15, 0.2) is 0 Å². The van der Waals surface area contributed by atoms with Crippen LogP contribution in [0.5, 0.6) is 0 Å². The molecule has 0 aromatic rings. The molecule has 76 valence electrons. The van der Waals surface area contributed by atoms with E-state index < -0.39 is 0 Å². The zero-order valence-electron chi connectivity index (χ0n) is 8.75. The Morgan fingerprint density at radius 2 is 2.23 bits per heavy atom. The molecule has 0 bridgehead atoms. The molecule has 0 heterocycles. The van der Waals surface area contributed by atoms with E-state index in [2.05, 4.69) is 11.9 Å². The van der Waals surface area contributed by atoms with E-state index in [1.54, 1.807) is 0 Å². The lowest BCUT2D eigenvalue weighted by atomic mass is 10.2. The Hall–Kier alpha value is -0.570. The second kappa shape index (κ2) is 4.61. The minimum Gasteiger partial charge on any atom is -0.466 e. The van der Waals surface area contributed by atoms with Crippen molar-refractivity contribution in [3.8, 4) is 0 Å². The molecular weight excluding hydrogens is 166 g/mol. The summed E-state index contributed by atoms with van der Waals surface area (Å²) in [4.78, 5) is 13.5. The molecule has 1 unspecified atom stereocenters. The average Bonchev–Trinajstić information content (AvgIpc) is 2.86. The number of carbonyl (C=O) groups is 1. The molecule has 0 N–H and O–H groups in total. The second-order valence-electron chi connectivity index (χ2n) is 3.82. The van der Waals surface area contributed by atoms with E-state index >= 15 is 0 Å². The fraction of sp³-hybridized carbons (Fsp3) is 0.900. The smallest absolute Gasteiger partial charge is 0.309 e. The van der Waals surface area contributed by atoms with E-state index in [1.807, 2.05) is 13.8 Å². The maximum absolute atomic E-state index is 11.3. The lowest BCUT2D eigenvalue weighted by Gasteiger charge is -2.19. The topological polar surface area (TPSA) is 29.5 Å².